The molecule has 2 aliphatic rings. The molecular weight excluding hydrogens is 1070 g/mol. The number of sulfonamides is 1. The van der Waals surface area contributed by atoms with Crippen LogP contribution in [0.25, 0.3) is 0 Å². The summed E-state index contributed by atoms with van der Waals surface area (Å²) in [6.07, 6.45) is 0.0520. The van der Waals surface area contributed by atoms with Crippen molar-refractivity contribution >= 4 is 113 Å². The van der Waals surface area contributed by atoms with E-state index in [4.69, 9.17) is 72.4 Å². The fourth-order valence-electron chi connectivity index (χ4n) is 7.21. The number of esters is 3. The molecule has 24 heteroatoms. The maximum absolute atomic E-state index is 13.1. The number of ether oxygens (including phenoxy) is 3. The number of halogens is 6. The standard InChI is InChI=1S/C22H24Cl2N2O6S.C16H14Cl3NO2S.C5H11NO2.CO2.CH4.ClH/c1-26-11-17(16-8-14(23)9-19(24)18(16)12-26)13-5-4-6-15(7-13)33(29,30)25-20(22(28)32-3)10-21(27)31-2;1-20-8-14(10-3-2-4-12(5-10)23(19,21)22)13-6-11(17)7-16(18)15(13)9-20;1-4(6)3-5(7)8-2;2-1-3;;/h4-9,17,20,25H,10-12H2,1-3H3;2-7,14H,8-9H2,1H3;4H,3,6H2,1-2H3;;1H4;1H. The molecule has 380 valence electrons. The smallest absolute Gasteiger partial charge is 0.373 e. The molecule has 2 heterocycles. The zero-order valence-corrected chi connectivity index (χ0v) is 43.7. The van der Waals surface area contributed by atoms with Crippen molar-refractivity contribution in [3.63, 3.8) is 0 Å². The van der Waals surface area contributed by atoms with Gasteiger partial charge in [-0.2, -0.15) is 14.3 Å². The maximum atomic E-state index is 13.1. The number of likely N-dealkylation sites (N-methyl/N-ethyl adjacent to an activating group) is 2. The number of hydrogen-bond acceptors (Lipinski definition) is 15. The van der Waals surface area contributed by atoms with Crippen molar-refractivity contribution in [2.75, 3.05) is 48.5 Å². The molecule has 0 radical (unpaired) electrons. The van der Waals surface area contributed by atoms with Gasteiger partial charge < -0.3 is 29.7 Å². The van der Waals surface area contributed by atoms with E-state index in [-0.39, 0.29) is 59.6 Å². The van der Waals surface area contributed by atoms with Gasteiger partial charge in [-0.25, -0.2) is 16.8 Å². The highest BCUT2D eigenvalue weighted by Crippen LogP contribution is 2.40. The molecule has 4 aromatic carbocycles. The topological polar surface area (TPSA) is 226 Å². The lowest BCUT2D eigenvalue weighted by molar-refractivity contribution is -0.191. The predicted octanol–water partition coefficient (Wildman–Crippen LogP) is 7.82. The van der Waals surface area contributed by atoms with Gasteiger partial charge in [0.1, 0.15) is 6.04 Å². The van der Waals surface area contributed by atoms with E-state index in [1.807, 2.05) is 38.4 Å². The molecule has 0 spiro atoms. The van der Waals surface area contributed by atoms with Gasteiger partial charge in [-0.05, 0) is 103 Å². The molecular formula is C45H54Cl6N4O12S2. The number of nitrogens with zero attached hydrogens (tertiary/aromatic N) is 2. The third kappa shape index (κ3) is 18.7. The summed E-state index contributed by atoms with van der Waals surface area (Å²) in [4.78, 5) is 54.5. The Bertz CT molecular complexity index is 2670. The van der Waals surface area contributed by atoms with E-state index >= 15 is 0 Å². The van der Waals surface area contributed by atoms with Crippen molar-refractivity contribution in [1.29, 1.82) is 0 Å². The van der Waals surface area contributed by atoms with Crippen LogP contribution >= 0.6 is 69.5 Å². The van der Waals surface area contributed by atoms with E-state index < -0.39 is 43.5 Å². The molecule has 4 atom stereocenters. The molecule has 69 heavy (non-hydrogen) atoms. The minimum atomic E-state index is -4.16. The second-order valence-electron chi connectivity index (χ2n) is 15.3. The Morgan fingerprint density at radius 1 is 0.725 bits per heavy atom. The zero-order chi connectivity index (χ0) is 50.4. The largest absolute Gasteiger partial charge is 0.469 e. The van der Waals surface area contributed by atoms with E-state index in [1.54, 1.807) is 37.3 Å². The van der Waals surface area contributed by atoms with Gasteiger partial charge in [0.2, 0.25) is 10.0 Å². The van der Waals surface area contributed by atoms with Crippen LogP contribution in [0.15, 0.2) is 82.6 Å². The first-order chi connectivity index (χ1) is 31.4. The van der Waals surface area contributed by atoms with Crippen molar-refractivity contribution in [1.82, 2.24) is 14.5 Å². The van der Waals surface area contributed by atoms with Crippen molar-refractivity contribution in [3.05, 3.63) is 126 Å². The number of carbonyl (C=O) groups excluding carboxylic acids is 5. The van der Waals surface area contributed by atoms with Crippen LogP contribution in [0, 0.1) is 0 Å². The summed E-state index contributed by atoms with van der Waals surface area (Å²) in [5, 5.41) is 2.26. The Kier molecular flexibility index (Phi) is 26.4. The van der Waals surface area contributed by atoms with Crippen LogP contribution in [-0.4, -0.2) is 111 Å². The highest BCUT2D eigenvalue weighted by molar-refractivity contribution is 8.13. The monoisotopic (exact) mass is 1120 g/mol. The summed E-state index contributed by atoms with van der Waals surface area (Å²) in [5.41, 5.74) is 10.8. The van der Waals surface area contributed by atoms with Gasteiger partial charge in [0.15, 0.2) is 0 Å². The zero-order valence-electron chi connectivity index (χ0n) is 37.5. The molecule has 16 nitrogen and oxygen atoms in total. The number of fused-ring (bicyclic) bond motifs is 2. The van der Waals surface area contributed by atoms with Crippen molar-refractivity contribution < 1.29 is 55.0 Å². The quantitative estimate of drug-likeness (QED) is 0.0829. The first kappa shape index (κ1) is 63.2. The fourth-order valence-corrected chi connectivity index (χ4v) is 10.4. The van der Waals surface area contributed by atoms with E-state index in [0.29, 0.717) is 39.6 Å². The summed E-state index contributed by atoms with van der Waals surface area (Å²) in [6, 6.07) is 18.8. The van der Waals surface area contributed by atoms with E-state index in [1.165, 1.54) is 25.3 Å². The molecule has 6 rings (SSSR count). The molecule has 4 unspecified atom stereocenters. The lowest BCUT2D eigenvalue weighted by Crippen LogP contribution is -2.43. The molecule has 3 N–H and O–H groups in total. The van der Waals surface area contributed by atoms with Crippen LogP contribution in [0.1, 0.15) is 72.4 Å². The van der Waals surface area contributed by atoms with Crippen LogP contribution in [0.4, 0.5) is 0 Å². The van der Waals surface area contributed by atoms with Crippen molar-refractivity contribution in [3.8, 4) is 0 Å². The molecule has 2 aliphatic heterocycles. The second kappa shape index (κ2) is 28.9. The Hall–Kier alpha value is -3.85. The van der Waals surface area contributed by atoms with Crippen LogP contribution in [0.2, 0.25) is 20.1 Å². The summed E-state index contributed by atoms with van der Waals surface area (Å²) in [5.74, 6) is -2.08. The molecule has 0 bridgehead atoms. The van der Waals surface area contributed by atoms with Gasteiger partial charge in [0.05, 0.1) is 44.0 Å². The van der Waals surface area contributed by atoms with Gasteiger partial charge in [0.25, 0.3) is 9.05 Å². The second-order valence-corrected chi connectivity index (χ2v) is 21.3. The highest BCUT2D eigenvalue weighted by atomic mass is 35.7. The van der Waals surface area contributed by atoms with Gasteiger partial charge in [-0.1, -0.05) is 78.1 Å². The number of carbonyl (C=O) groups is 3. The minimum Gasteiger partial charge on any atom is -0.469 e. The van der Waals surface area contributed by atoms with Crippen LogP contribution < -0.4 is 10.5 Å². The Balaban J connectivity index is 0.000000573. The summed E-state index contributed by atoms with van der Waals surface area (Å²) >= 11 is 25.2. The molecule has 0 saturated carbocycles. The number of methoxy groups -OCH3 is 3. The number of benzene rings is 4. The van der Waals surface area contributed by atoms with Gasteiger partial charge >= 0.3 is 24.1 Å². The first-order valence-corrected chi connectivity index (χ1v) is 25.2. The number of rotatable bonds is 11. The Morgan fingerprint density at radius 2 is 1.13 bits per heavy atom. The number of nitrogens with two attached hydrogens (primary N) is 1. The van der Waals surface area contributed by atoms with Crippen LogP contribution in [-0.2, 0) is 70.3 Å². The number of hydrogen-bond donors (Lipinski definition) is 2. The molecule has 0 fully saturated rings. The average Bonchev–Trinajstić information content (AvgIpc) is 3.26. The Morgan fingerprint density at radius 3 is 1.51 bits per heavy atom. The third-order valence-corrected chi connectivity index (χ3v) is 14.1. The summed E-state index contributed by atoms with van der Waals surface area (Å²) in [7, 11) is 5.10. The van der Waals surface area contributed by atoms with Crippen molar-refractivity contribution in [2.24, 2.45) is 5.73 Å². The summed E-state index contributed by atoms with van der Waals surface area (Å²) < 4.78 is 65.1. The van der Waals surface area contributed by atoms with E-state index in [0.717, 1.165) is 60.7 Å². The molecule has 0 saturated heterocycles. The first-order valence-electron chi connectivity index (χ1n) is 19.8. The summed E-state index contributed by atoms with van der Waals surface area (Å²) in [6.45, 7) is 4.52. The Labute approximate surface area is 433 Å². The molecule has 4 aromatic rings. The van der Waals surface area contributed by atoms with Crippen LogP contribution in [0.5, 0.6) is 0 Å². The van der Waals surface area contributed by atoms with E-state index in [9.17, 15) is 31.2 Å². The predicted molar refractivity (Wildman–Crippen MR) is 267 cm³/mol. The minimum absolute atomic E-state index is 0. The SMILES string of the molecule is C.CN1Cc2c(Cl)cc(Cl)cc2C(c2cccc(S(=O)(=O)Cl)c2)C1.COC(=O)CC(C)N.COC(=O)CC(NS(=O)(=O)c1cccc(C2CN(C)Cc3c(Cl)cc(Cl)cc32)c1)C(=O)OC.Cl.O=C=O. The lowest BCUT2D eigenvalue weighted by Gasteiger charge is -2.33. The molecule has 0 amide bonds. The van der Waals surface area contributed by atoms with Gasteiger partial charge in [-0.3, -0.25) is 14.4 Å². The third-order valence-electron chi connectivity index (χ3n) is 10.2. The average molecular weight is 1120 g/mol. The lowest BCUT2D eigenvalue weighted by atomic mass is 9.85. The fraction of sp³-hybridized carbons (Fsp3) is 0.378. The van der Waals surface area contributed by atoms with Gasteiger partial charge in [0, 0.05) is 74.8 Å². The van der Waals surface area contributed by atoms with Crippen LogP contribution in [0.3, 0.4) is 0 Å². The van der Waals surface area contributed by atoms with E-state index in [2.05, 4.69) is 28.7 Å². The normalized spacial score (nSPS) is 16.1. The maximum Gasteiger partial charge on any atom is 0.373 e. The van der Waals surface area contributed by atoms with Gasteiger partial charge in [-0.15, -0.1) is 12.4 Å². The van der Waals surface area contributed by atoms with Crippen molar-refractivity contribution in [2.45, 2.75) is 74.0 Å². The molecule has 0 aliphatic carbocycles. The highest BCUT2D eigenvalue weighted by Gasteiger charge is 2.32. The molecule has 0 aromatic heterocycles. The number of nitrogens with one attached hydrogen (secondary N) is 1.